The van der Waals surface area contributed by atoms with E-state index in [9.17, 15) is 5.11 Å². The van der Waals surface area contributed by atoms with E-state index >= 15 is 0 Å². The van der Waals surface area contributed by atoms with Gasteiger partial charge < -0.3 is 9.84 Å². The van der Waals surface area contributed by atoms with E-state index in [1.807, 2.05) is 12.1 Å². The lowest BCUT2D eigenvalue weighted by atomic mass is 9.81. The lowest BCUT2D eigenvalue weighted by molar-refractivity contribution is 0.218. The highest BCUT2D eigenvalue weighted by Gasteiger charge is 2.29. The number of aliphatic hydroxyl groups is 1. The molecule has 0 atom stereocenters. The van der Waals surface area contributed by atoms with Crippen LogP contribution in [0.2, 0.25) is 0 Å². The molecule has 0 radical (unpaired) electrons. The zero-order valence-corrected chi connectivity index (χ0v) is 16.9. The first kappa shape index (κ1) is 18.9. The first-order chi connectivity index (χ1) is 12.2. The third-order valence-electron chi connectivity index (χ3n) is 5.29. The van der Waals surface area contributed by atoms with Crippen molar-refractivity contribution in [3.8, 4) is 16.9 Å². The van der Waals surface area contributed by atoms with Crippen LogP contribution < -0.4 is 4.74 Å². The van der Waals surface area contributed by atoms with E-state index in [1.165, 1.54) is 18.5 Å². The third-order valence-corrected chi connectivity index (χ3v) is 5.29. The number of hydrogen-bond donors (Lipinski definition) is 1. The van der Waals surface area contributed by atoms with Crippen LogP contribution >= 0.6 is 0 Å². The minimum Gasteiger partial charge on any atom is -0.496 e. The summed E-state index contributed by atoms with van der Waals surface area (Å²) in [5.74, 6) is 1.47. The summed E-state index contributed by atoms with van der Waals surface area (Å²) in [5.41, 5.74) is 5.23. The SMILES string of the molecule is COc1ccc(C(C)(C)CO)cc1-c1ccc(C2CC2)nc1C(C)(C)C. The van der Waals surface area contributed by atoms with Gasteiger partial charge in [0.05, 0.1) is 19.4 Å². The molecule has 1 heterocycles. The number of ether oxygens (including phenoxy) is 1. The van der Waals surface area contributed by atoms with E-state index in [0.717, 1.165) is 28.1 Å². The maximum absolute atomic E-state index is 9.78. The van der Waals surface area contributed by atoms with Gasteiger partial charge in [-0.1, -0.05) is 46.8 Å². The average Bonchev–Trinajstić information content (AvgIpc) is 3.45. The second-order valence-electron chi connectivity index (χ2n) is 9.11. The Balaban J connectivity index is 2.20. The van der Waals surface area contributed by atoms with Crippen LogP contribution in [-0.2, 0) is 10.8 Å². The van der Waals surface area contributed by atoms with Crippen molar-refractivity contribution in [2.45, 2.75) is 64.2 Å². The Morgan fingerprint density at radius 3 is 2.27 bits per heavy atom. The molecule has 1 aliphatic rings. The standard InChI is InChI=1S/C23H31NO2/c1-22(2,3)21-17(10-11-19(24-21)15-7-8-15)18-13-16(23(4,5)14-25)9-12-20(18)26-6/h9-13,15,25H,7-8,14H2,1-6H3. The minimum absolute atomic E-state index is 0.0618. The van der Waals surface area contributed by atoms with Crippen molar-refractivity contribution in [3.05, 3.63) is 47.3 Å². The molecule has 1 saturated carbocycles. The van der Waals surface area contributed by atoms with Gasteiger partial charge in [-0.15, -0.1) is 0 Å². The van der Waals surface area contributed by atoms with Crippen molar-refractivity contribution in [1.29, 1.82) is 0 Å². The van der Waals surface area contributed by atoms with Crippen LogP contribution in [0.1, 0.15) is 70.3 Å². The fourth-order valence-corrected chi connectivity index (χ4v) is 3.30. The van der Waals surface area contributed by atoms with Crippen LogP contribution in [0.25, 0.3) is 11.1 Å². The highest BCUT2D eigenvalue weighted by Crippen LogP contribution is 2.43. The second kappa shape index (κ2) is 6.70. The van der Waals surface area contributed by atoms with Crippen molar-refractivity contribution < 1.29 is 9.84 Å². The summed E-state index contributed by atoms with van der Waals surface area (Å²) in [6.45, 7) is 10.8. The van der Waals surface area contributed by atoms with Gasteiger partial charge in [-0.3, -0.25) is 4.98 Å². The molecule has 3 heteroatoms. The van der Waals surface area contributed by atoms with Gasteiger partial charge in [-0.25, -0.2) is 0 Å². The highest BCUT2D eigenvalue weighted by molar-refractivity contribution is 5.74. The summed E-state index contributed by atoms with van der Waals surface area (Å²) < 4.78 is 5.67. The fourth-order valence-electron chi connectivity index (χ4n) is 3.30. The normalized spacial score (nSPS) is 15.2. The van der Waals surface area contributed by atoms with Crippen molar-refractivity contribution in [2.24, 2.45) is 0 Å². The van der Waals surface area contributed by atoms with Gasteiger partial charge in [-0.05, 0) is 36.6 Å². The molecule has 0 spiro atoms. The van der Waals surface area contributed by atoms with E-state index in [-0.39, 0.29) is 17.4 Å². The monoisotopic (exact) mass is 353 g/mol. The molecule has 1 aromatic carbocycles. The Labute approximate surface area is 157 Å². The van der Waals surface area contributed by atoms with Gasteiger partial charge in [0.1, 0.15) is 5.75 Å². The molecule has 1 aromatic heterocycles. The van der Waals surface area contributed by atoms with E-state index in [2.05, 4.69) is 52.8 Å². The molecule has 1 aliphatic carbocycles. The number of nitrogens with zero attached hydrogens (tertiary/aromatic N) is 1. The zero-order valence-electron chi connectivity index (χ0n) is 16.9. The van der Waals surface area contributed by atoms with Gasteiger partial charge in [0.2, 0.25) is 0 Å². The Bertz CT molecular complexity index is 798. The number of aromatic nitrogens is 1. The molecule has 3 rings (SSSR count). The molecular formula is C23H31NO2. The largest absolute Gasteiger partial charge is 0.496 e. The highest BCUT2D eigenvalue weighted by atomic mass is 16.5. The molecule has 0 bridgehead atoms. The lowest BCUT2D eigenvalue weighted by Gasteiger charge is -2.26. The smallest absolute Gasteiger partial charge is 0.126 e. The number of rotatable bonds is 5. The molecule has 0 unspecified atom stereocenters. The molecule has 3 nitrogen and oxygen atoms in total. The predicted octanol–water partition coefficient (Wildman–Crippen LogP) is 5.20. The van der Waals surface area contributed by atoms with Crippen LogP contribution in [0, 0.1) is 0 Å². The molecule has 0 amide bonds. The summed E-state index contributed by atoms with van der Waals surface area (Å²) in [5, 5.41) is 9.78. The number of methoxy groups -OCH3 is 1. The summed E-state index contributed by atoms with van der Waals surface area (Å²) in [6.07, 6.45) is 2.50. The Morgan fingerprint density at radius 1 is 1.04 bits per heavy atom. The number of hydrogen-bond acceptors (Lipinski definition) is 3. The average molecular weight is 354 g/mol. The quantitative estimate of drug-likeness (QED) is 0.803. The maximum Gasteiger partial charge on any atom is 0.126 e. The fraction of sp³-hybridized carbons (Fsp3) is 0.522. The summed E-state index contributed by atoms with van der Waals surface area (Å²) in [4.78, 5) is 5.06. The molecule has 0 saturated heterocycles. The van der Waals surface area contributed by atoms with Gasteiger partial charge >= 0.3 is 0 Å². The van der Waals surface area contributed by atoms with Crippen LogP contribution in [0.4, 0.5) is 0 Å². The van der Waals surface area contributed by atoms with Crippen molar-refractivity contribution in [3.63, 3.8) is 0 Å². The minimum atomic E-state index is -0.301. The summed E-state index contributed by atoms with van der Waals surface area (Å²) >= 11 is 0. The van der Waals surface area contributed by atoms with Gasteiger partial charge in [-0.2, -0.15) is 0 Å². The first-order valence-corrected chi connectivity index (χ1v) is 9.48. The first-order valence-electron chi connectivity index (χ1n) is 9.48. The van der Waals surface area contributed by atoms with Crippen molar-refractivity contribution in [2.75, 3.05) is 13.7 Å². The Hall–Kier alpha value is -1.87. The summed E-state index contributed by atoms with van der Waals surface area (Å²) in [7, 11) is 1.71. The number of benzene rings is 1. The van der Waals surface area contributed by atoms with Crippen molar-refractivity contribution in [1.82, 2.24) is 4.98 Å². The molecule has 26 heavy (non-hydrogen) atoms. The van der Waals surface area contributed by atoms with Crippen LogP contribution in [0.15, 0.2) is 30.3 Å². The van der Waals surface area contributed by atoms with E-state index in [0.29, 0.717) is 5.92 Å². The Kier molecular flexibility index (Phi) is 4.87. The van der Waals surface area contributed by atoms with Crippen LogP contribution in [0.5, 0.6) is 5.75 Å². The molecule has 140 valence electrons. The van der Waals surface area contributed by atoms with Gasteiger partial charge in [0, 0.05) is 33.6 Å². The molecule has 0 aliphatic heterocycles. The topological polar surface area (TPSA) is 42.4 Å². The maximum atomic E-state index is 9.78. The van der Waals surface area contributed by atoms with Gasteiger partial charge in [0.25, 0.3) is 0 Å². The van der Waals surface area contributed by atoms with Crippen LogP contribution in [0.3, 0.4) is 0 Å². The number of pyridine rings is 1. The molecule has 1 N–H and O–H groups in total. The molecule has 2 aromatic rings. The second-order valence-corrected chi connectivity index (χ2v) is 9.11. The zero-order chi connectivity index (χ0) is 19.1. The van der Waals surface area contributed by atoms with Crippen LogP contribution in [-0.4, -0.2) is 23.8 Å². The van der Waals surface area contributed by atoms with E-state index < -0.39 is 0 Å². The third kappa shape index (κ3) is 3.64. The Morgan fingerprint density at radius 2 is 1.73 bits per heavy atom. The van der Waals surface area contributed by atoms with E-state index in [4.69, 9.17) is 9.72 Å². The number of aliphatic hydroxyl groups excluding tert-OH is 1. The molecular weight excluding hydrogens is 322 g/mol. The predicted molar refractivity (Wildman–Crippen MR) is 107 cm³/mol. The van der Waals surface area contributed by atoms with Crippen molar-refractivity contribution >= 4 is 0 Å². The summed E-state index contributed by atoms with van der Waals surface area (Å²) in [6, 6.07) is 10.6. The van der Waals surface area contributed by atoms with E-state index in [1.54, 1.807) is 7.11 Å². The molecule has 1 fully saturated rings. The lowest BCUT2D eigenvalue weighted by Crippen LogP contribution is -2.22. The van der Waals surface area contributed by atoms with Gasteiger partial charge in [0.15, 0.2) is 0 Å².